The van der Waals surface area contributed by atoms with E-state index in [0.29, 0.717) is 6.61 Å². The van der Waals surface area contributed by atoms with Crippen LogP contribution in [0.15, 0.2) is 12.2 Å². The molecule has 0 N–H and O–H groups in total. The Labute approximate surface area is 99.5 Å². The molecule has 1 unspecified atom stereocenters. The molecule has 17 heavy (non-hydrogen) atoms. The Balaban J connectivity index is 2.25. The van der Waals surface area contributed by atoms with Gasteiger partial charge in [-0.1, -0.05) is 0 Å². The minimum absolute atomic E-state index is 0.00617. The molecule has 0 amide bonds. The second-order valence-electron chi connectivity index (χ2n) is 4.10. The van der Waals surface area contributed by atoms with Gasteiger partial charge >= 0.3 is 11.9 Å². The van der Waals surface area contributed by atoms with Crippen molar-refractivity contribution in [1.82, 2.24) is 0 Å². The average molecular weight is 244 g/mol. The summed E-state index contributed by atoms with van der Waals surface area (Å²) in [4.78, 5) is 21.8. The quantitative estimate of drug-likeness (QED) is 0.527. The summed E-state index contributed by atoms with van der Waals surface area (Å²) in [5, 5.41) is 0. The smallest absolute Gasteiger partial charge is 0.331 e. The van der Waals surface area contributed by atoms with Crippen LogP contribution in [-0.2, 0) is 28.5 Å². The number of hydrogen-bond acceptors (Lipinski definition) is 6. The Morgan fingerprint density at radius 2 is 2.00 bits per heavy atom. The summed E-state index contributed by atoms with van der Waals surface area (Å²) in [5.41, 5.74) is -0.362. The van der Waals surface area contributed by atoms with Gasteiger partial charge in [0.15, 0.2) is 6.29 Å². The first kappa shape index (κ1) is 13.7. The molecule has 96 valence electrons. The fraction of sp³-hybridized carbons (Fsp3) is 0.636. The van der Waals surface area contributed by atoms with Gasteiger partial charge in [-0.25, -0.2) is 9.59 Å². The molecule has 0 aliphatic carbocycles. The highest BCUT2D eigenvalue weighted by Gasteiger charge is 2.33. The van der Waals surface area contributed by atoms with Gasteiger partial charge in [0.05, 0.1) is 19.3 Å². The number of methoxy groups -OCH3 is 1. The first-order valence-corrected chi connectivity index (χ1v) is 5.15. The lowest BCUT2D eigenvalue weighted by Gasteiger charge is -2.15. The summed E-state index contributed by atoms with van der Waals surface area (Å²) in [7, 11) is 1.22. The zero-order valence-electron chi connectivity index (χ0n) is 10.1. The number of ether oxygens (including phenoxy) is 4. The number of carbonyl (C=O) groups is 2. The monoisotopic (exact) mass is 244 g/mol. The molecule has 1 saturated heterocycles. The average Bonchev–Trinajstić information content (AvgIpc) is 2.63. The summed E-state index contributed by atoms with van der Waals surface area (Å²) < 4.78 is 19.8. The van der Waals surface area contributed by atoms with E-state index in [9.17, 15) is 9.59 Å². The van der Waals surface area contributed by atoms with Gasteiger partial charge in [-0.05, 0) is 13.8 Å². The maximum absolute atomic E-state index is 11.2. The molecule has 0 aromatic carbocycles. The molecule has 0 radical (unpaired) electrons. The highest BCUT2D eigenvalue weighted by Crippen LogP contribution is 2.21. The first-order chi connectivity index (χ1) is 7.93. The van der Waals surface area contributed by atoms with Gasteiger partial charge in [0.1, 0.15) is 6.61 Å². The van der Waals surface area contributed by atoms with Crippen molar-refractivity contribution >= 4 is 11.9 Å². The van der Waals surface area contributed by atoms with E-state index in [2.05, 4.69) is 4.74 Å². The van der Waals surface area contributed by atoms with Crippen LogP contribution in [0.2, 0.25) is 0 Å². The molecule has 1 aliphatic heterocycles. The molecule has 0 bridgehead atoms. The van der Waals surface area contributed by atoms with Crippen molar-refractivity contribution in [2.45, 2.75) is 25.7 Å². The van der Waals surface area contributed by atoms with Crippen molar-refractivity contribution in [2.24, 2.45) is 0 Å². The normalized spacial score (nSPS) is 22.6. The van der Waals surface area contributed by atoms with Crippen molar-refractivity contribution in [3.63, 3.8) is 0 Å². The maximum atomic E-state index is 11.2. The van der Waals surface area contributed by atoms with Crippen LogP contribution in [0.1, 0.15) is 13.8 Å². The molecule has 6 heteroatoms. The van der Waals surface area contributed by atoms with E-state index < -0.39 is 18.2 Å². The summed E-state index contributed by atoms with van der Waals surface area (Å²) in [5.74, 6) is -1.26. The van der Waals surface area contributed by atoms with E-state index in [1.54, 1.807) is 0 Å². The fourth-order valence-corrected chi connectivity index (χ4v) is 1.20. The van der Waals surface area contributed by atoms with Gasteiger partial charge in [0.2, 0.25) is 0 Å². The van der Waals surface area contributed by atoms with Gasteiger partial charge in [0, 0.05) is 12.2 Å². The Hall–Kier alpha value is -1.40. The predicted octanol–water partition coefficient (Wildman–Crippen LogP) is 0.410. The number of carbonyl (C=O) groups excluding carboxylic acids is 2. The molecule has 1 rings (SSSR count). The lowest BCUT2D eigenvalue weighted by Crippen LogP contribution is -2.25. The number of esters is 2. The molecule has 1 atom stereocenters. The Morgan fingerprint density at radius 3 is 2.53 bits per heavy atom. The molecular formula is C11H16O6. The zero-order chi connectivity index (χ0) is 12.9. The van der Waals surface area contributed by atoms with Crippen LogP contribution in [0, 0.1) is 0 Å². The predicted molar refractivity (Wildman–Crippen MR) is 57.0 cm³/mol. The van der Waals surface area contributed by atoms with Crippen molar-refractivity contribution in [2.75, 3.05) is 20.3 Å². The van der Waals surface area contributed by atoms with Crippen LogP contribution >= 0.6 is 0 Å². The van der Waals surface area contributed by atoms with Crippen LogP contribution in [0.5, 0.6) is 0 Å². The van der Waals surface area contributed by atoms with E-state index in [1.165, 1.54) is 7.11 Å². The molecule has 6 nitrogen and oxygen atoms in total. The Bertz CT molecular complexity index is 320. The molecule has 0 aromatic heterocycles. The van der Waals surface area contributed by atoms with Gasteiger partial charge in [-0.3, -0.25) is 0 Å². The summed E-state index contributed by atoms with van der Waals surface area (Å²) >= 11 is 0. The van der Waals surface area contributed by atoms with E-state index in [1.807, 2.05) is 13.8 Å². The lowest BCUT2D eigenvalue weighted by atomic mass is 10.2. The minimum atomic E-state index is -0.646. The van der Waals surface area contributed by atoms with E-state index in [4.69, 9.17) is 14.2 Å². The second-order valence-corrected chi connectivity index (χ2v) is 4.10. The Kier molecular flexibility index (Phi) is 4.65. The van der Waals surface area contributed by atoms with Gasteiger partial charge in [0.25, 0.3) is 0 Å². The molecule has 0 aromatic rings. The van der Waals surface area contributed by atoms with Crippen LogP contribution in [0.25, 0.3) is 0 Å². The summed E-state index contributed by atoms with van der Waals surface area (Å²) in [6, 6.07) is 0. The maximum Gasteiger partial charge on any atom is 0.331 e. The molecule has 0 saturated carbocycles. The highest BCUT2D eigenvalue weighted by molar-refractivity contribution is 5.91. The van der Waals surface area contributed by atoms with Crippen LogP contribution in [0.3, 0.4) is 0 Å². The molecular weight excluding hydrogens is 228 g/mol. The third kappa shape index (κ3) is 4.97. The van der Waals surface area contributed by atoms with Gasteiger partial charge < -0.3 is 18.9 Å². The van der Waals surface area contributed by atoms with Crippen LogP contribution in [-0.4, -0.2) is 44.2 Å². The van der Waals surface area contributed by atoms with Gasteiger partial charge in [-0.2, -0.15) is 0 Å². The zero-order valence-corrected chi connectivity index (χ0v) is 10.1. The topological polar surface area (TPSA) is 71.1 Å². The lowest BCUT2D eigenvalue weighted by molar-refractivity contribution is -0.155. The van der Waals surface area contributed by atoms with E-state index >= 15 is 0 Å². The molecule has 1 fully saturated rings. The standard InChI is InChI=1S/C11H16O6/c1-11(2)7-16-10(17-11)6-15-9(13)5-4-8(12)14-3/h4-5,10H,6-7H2,1-3H3/b5-4-. The Morgan fingerprint density at radius 1 is 1.35 bits per heavy atom. The number of rotatable bonds is 4. The SMILES string of the molecule is COC(=O)/C=C\C(=O)OCC1OCC(C)(C)O1. The van der Waals surface area contributed by atoms with Crippen LogP contribution < -0.4 is 0 Å². The van der Waals surface area contributed by atoms with Crippen molar-refractivity contribution in [3.8, 4) is 0 Å². The summed E-state index contributed by atoms with van der Waals surface area (Å²) in [6.45, 7) is 4.21. The fourth-order valence-electron chi connectivity index (χ4n) is 1.20. The van der Waals surface area contributed by atoms with Crippen molar-refractivity contribution in [1.29, 1.82) is 0 Å². The minimum Gasteiger partial charge on any atom is -0.466 e. The first-order valence-electron chi connectivity index (χ1n) is 5.15. The highest BCUT2D eigenvalue weighted by atomic mass is 16.7. The van der Waals surface area contributed by atoms with Gasteiger partial charge in [-0.15, -0.1) is 0 Å². The van der Waals surface area contributed by atoms with E-state index in [0.717, 1.165) is 12.2 Å². The third-order valence-electron chi connectivity index (χ3n) is 1.99. The van der Waals surface area contributed by atoms with Crippen molar-refractivity contribution in [3.05, 3.63) is 12.2 Å². The van der Waals surface area contributed by atoms with Crippen molar-refractivity contribution < 1.29 is 28.5 Å². The largest absolute Gasteiger partial charge is 0.466 e. The molecule has 1 aliphatic rings. The second kappa shape index (κ2) is 5.79. The molecule has 1 heterocycles. The molecule has 0 spiro atoms. The van der Waals surface area contributed by atoms with Crippen LogP contribution in [0.4, 0.5) is 0 Å². The number of hydrogen-bond donors (Lipinski definition) is 0. The van der Waals surface area contributed by atoms with E-state index in [-0.39, 0.29) is 12.2 Å². The third-order valence-corrected chi connectivity index (χ3v) is 1.99. The summed E-state index contributed by atoms with van der Waals surface area (Å²) in [6.07, 6.45) is 1.43.